The van der Waals surface area contributed by atoms with E-state index in [1.165, 1.54) is 12.1 Å². The summed E-state index contributed by atoms with van der Waals surface area (Å²) in [6.45, 7) is 2.74. The monoisotopic (exact) mass is 427 g/mol. The first-order valence-corrected chi connectivity index (χ1v) is 9.68. The van der Waals surface area contributed by atoms with Crippen molar-refractivity contribution in [2.45, 2.75) is 38.0 Å². The van der Waals surface area contributed by atoms with Gasteiger partial charge in [0.15, 0.2) is 0 Å². The van der Waals surface area contributed by atoms with E-state index >= 15 is 0 Å². The molecule has 1 N–H and O–H groups in total. The van der Waals surface area contributed by atoms with E-state index in [1.54, 1.807) is 29.2 Å². The maximum Gasteiger partial charge on any atom is 0.417 e. The van der Waals surface area contributed by atoms with Gasteiger partial charge in [-0.3, -0.25) is 9.69 Å². The summed E-state index contributed by atoms with van der Waals surface area (Å²) < 4.78 is 45.8. The normalized spacial score (nSPS) is 18.6. The predicted molar refractivity (Wildman–Crippen MR) is 103 cm³/mol. The van der Waals surface area contributed by atoms with Crippen LogP contribution >= 0.6 is 11.6 Å². The van der Waals surface area contributed by atoms with Crippen LogP contribution < -0.4 is 4.74 Å². The minimum Gasteiger partial charge on any atom is -0.494 e. The van der Waals surface area contributed by atoms with Gasteiger partial charge in [0.2, 0.25) is 0 Å². The summed E-state index contributed by atoms with van der Waals surface area (Å²) in [4.78, 5) is 13.5. The zero-order chi connectivity index (χ0) is 21.2. The number of aliphatic carboxylic acids is 1. The number of alkyl halides is 3. The number of hydrogen-bond acceptors (Lipinski definition) is 3. The zero-order valence-electron chi connectivity index (χ0n) is 15.7. The van der Waals surface area contributed by atoms with Crippen molar-refractivity contribution in [2.75, 3.05) is 13.2 Å². The predicted octanol–water partition coefficient (Wildman–Crippen LogP) is 5.40. The summed E-state index contributed by atoms with van der Waals surface area (Å²) in [5, 5.41) is 9.24. The van der Waals surface area contributed by atoms with Gasteiger partial charge in [0.25, 0.3) is 0 Å². The number of rotatable bonds is 6. The van der Waals surface area contributed by atoms with Crippen molar-refractivity contribution in [3.8, 4) is 5.75 Å². The van der Waals surface area contributed by atoms with E-state index in [1.807, 2.05) is 6.92 Å². The van der Waals surface area contributed by atoms with E-state index in [4.69, 9.17) is 16.3 Å². The Bertz CT molecular complexity index is 888. The fraction of sp³-hybridized carbons (Fsp3) is 0.381. The lowest BCUT2D eigenvalue weighted by Gasteiger charge is -2.32. The lowest BCUT2D eigenvalue weighted by Crippen LogP contribution is -2.39. The van der Waals surface area contributed by atoms with E-state index < -0.39 is 29.8 Å². The lowest BCUT2D eigenvalue weighted by molar-refractivity contribution is -0.143. The second kappa shape index (κ2) is 8.63. The third kappa shape index (κ3) is 4.67. The molecule has 29 heavy (non-hydrogen) atoms. The summed E-state index contributed by atoms with van der Waals surface area (Å²) in [5.74, 6) is -0.412. The molecule has 1 fully saturated rings. The van der Waals surface area contributed by atoms with Crippen LogP contribution in [0, 0.1) is 0 Å². The molecule has 2 unspecified atom stereocenters. The van der Waals surface area contributed by atoms with Crippen LogP contribution in [-0.4, -0.2) is 35.2 Å². The molecule has 0 aliphatic carbocycles. The van der Waals surface area contributed by atoms with Gasteiger partial charge in [-0.15, -0.1) is 0 Å². The molecule has 8 heteroatoms. The Labute approximate surface area is 171 Å². The first-order valence-electron chi connectivity index (χ1n) is 9.30. The Hall–Kier alpha value is -2.25. The average Bonchev–Trinajstić information content (AvgIpc) is 3.12. The van der Waals surface area contributed by atoms with Crippen molar-refractivity contribution in [3.63, 3.8) is 0 Å². The molecule has 1 saturated heterocycles. The van der Waals surface area contributed by atoms with Crippen LogP contribution in [0.1, 0.15) is 42.5 Å². The number of hydrogen-bond donors (Lipinski definition) is 1. The van der Waals surface area contributed by atoms with Gasteiger partial charge in [-0.05, 0) is 55.2 Å². The SMILES string of the molecule is CCOc1cccc(C(c2ccc(Cl)c(C(F)(F)F)c2)N2CCCC2C(=O)O)c1. The van der Waals surface area contributed by atoms with Crippen LogP contribution in [0.15, 0.2) is 42.5 Å². The van der Waals surface area contributed by atoms with Crippen molar-refractivity contribution in [1.82, 2.24) is 4.90 Å². The molecule has 1 aliphatic rings. The second-order valence-corrected chi connectivity index (χ2v) is 7.29. The van der Waals surface area contributed by atoms with Crippen LogP contribution in [-0.2, 0) is 11.0 Å². The first-order chi connectivity index (χ1) is 13.7. The lowest BCUT2D eigenvalue weighted by atomic mass is 9.94. The van der Waals surface area contributed by atoms with E-state index in [9.17, 15) is 23.1 Å². The third-order valence-electron chi connectivity index (χ3n) is 5.01. The molecule has 2 atom stereocenters. The Morgan fingerprint density at radius 3 is 2.66 bits per heavy atom. The van der Waals surface area contributed by atoms with Gasteiger partial charge < -0.3 is 9.84 Å². The summed E-state index contributed by atoms with van der Waals surface area (Å²) >= 11 is 5.79. The molecule has 0 spiro atoms. The number of likely N-dealkylation sites (tertiary alicyclic amines) is 1. The van der Waals surface area contributed by atoms with Crippen LogP contribution in [0.25, 0.3) is 0 Å². The number of halogens is 4. The van der Waals surface area contributed by atoms with E-state index in [0.29, 0.717) is 42.9 Å². The van der Waals surface area contributed by atoms with Crippen molar-refractivity contribution in [1.29, 1.82) is 0 Å². The largest absolute Gasteiger partial charge is 0.494 e. The highest BCUT2D eigenvalue weighted by Crippen LogP contribution is 2.40. The van der Waals surface area contributed by atoms with Gasteiger partial charge in [0, 0.05) is 6.54 Å². The Morgan fingerprint density at radius 1 is 1.28 bits per heavy atom. The second-order valence-electron chi connectivity index (χ2n) is 6.88. The molecular weight excluding hydrogens is 407 g/mol. The van der Waals surface area contributed by atoms with Crippen LogP contribution in [0.2, 0.25) is 5.02 Å². The van der Waals surface area contributed by atoms with Gasteiger partial charge in [0.05, 0.1) is 23.2 Å². The van der Waals surface area contributed by atoms with Gasteiger partial charge in [-0.25, -0.2) is 0 Å². The summed E-state index contributed by atoms with van der Waals surface area (Å²) in [5.41, 5.74) is 0.0665. The molecule has 156 valence electrons. The molecule has 0 bridgehead atoms. The molecule has 2 aromatic carbocycles. The Morgan fingerprint density at radius 2 is 2.00 bits per heavy atom. The molecule has 1 aliphatic heterocycles. The van der Waals surface area contributed by atoms with Crippen LogP contribution in [0.3, 0.4) is 0 Å². The fourth-order valence-electron chi connectivity index (χ4n) is 3.81. The van der Waals surface area contributed by atoms with Crippen LogP contribution in [0.4, 0.5) is 13.2 Å². The molecule has 3 rings (SSSR count). The summed E-state index contributed by atoms with van der Waals surface area (Å²) in [7, 11) is 0. The van der Waals surface area contributed by atoms with Crippen LogP contribution in [0.5, 0.6) is 5.75 Å². The number of carbonyl (C=O) groups is 1. The molecule has 0 saturated carbocycles. The molecule has 1 heterocycles. The number of ether oxygens (including phenoxy) is 1. The smallest absolute Gasteiger partial charge is 0.417 e. The number of carboxylic acid groups (broad SMARTS) is 1. The maximum atomic E-state index is 13.4. The highest BCUT2D eigenvalue weighted by molar-refractivity contribution is 6.31. The Kier molecular flexibility index (Phi) is 6.39. The first kappa shape index (κ1) is 21.5. The number of carboxylic acids is 1. The van der Waals surface area contributed by atoms with Crippen molar-refractivity contribution < 1.29 is 27.8 Å². The van der Waals surface area contributed by atoms with Crippen molar-refractivity contribution in [2.24, 2.45) is 0 Å². The molecule has 0 aromatic heterocycles. The van der Waals surface area contributed by atoms with Gasteiger partial charge in [-0.2, -0.15) is 13.2 Å². The summed E-state index contributed by atoms with van der Waals surface area (Å²) in [6.07, 6.45) is -3.52. The highest BCUT2D eigenvalue weighted by atomic mass is 35.5. The van der Waals surface area contributed by atoms with E-state index in [-0.39, 0.29) is 5.02 Å². The van der Waals surface area contributed by atoms with E-state index in [2.05, 4.69) is 0 Å². The minimum atomic E-state index is -4.61. The molecule has 4 nitrogen and oxygen atoms in total. The standard InChI is InChI=1S/C21H21ClF3NO3/c1-2-29-15-6-3-5-13(11-15)19(26-10-4-7-18(26)20(27)28)14-8-9-17(22)16(12-14)21(23,24)25/h3,5-6,8-9,11-12,18-19H,2,4,7,10H2,1H3,(H,27,28). The highest BCUT2D eigenvalue weighted by Gasteiger charge is 2.39. The Balaban J connectivity index is 2.14. The summed E-state index contributed by atoms with van der Waals surface area (Å²) in [6, 6.07) is 9.32. The van der Waals surface area contributed by atoms with Gasteiger partial charge in [0.1, 0.15) is 11.8 Å². The molecule has 0 radical (unpaired) electrons. The molecular formula is C21H21ClF3NO3. The molecule has 0 amide bonds. The van der Waals surface area contributed by atoms with Crippen molar-refractivity contribution >= 4 is 17.6 Å². The number of nitrogens with zero attached hydrogens (tertiary/aromatic N) is 1. The maximum absolute atomic E-state index is 13.4. The van der Waals surface area contributed by atoms with E-state index in [0.717, 1.165) is 6.07 Å². The van der Waals surface area contributed by atoms with Crippen molar-refractivity contribution in [3.05, 3.63) is 64.2 Å². The van der Waals surface area contributed by atoms with Gasteiger partial charge in [-0.1, -0.05) is 29.8 Å². The average molecular weight is 428 g/mol. The topological polar surface area (TPSA) is 49.8 Å². The fourth-order valence-corrected chi connectivity index (χ4v) is 4.03. The quantitative estimate of drug-likeness (QED) is 0.671. The minimum absolute atomic E-state index is 0.337. The molecule has 2 aromatic rings. The third-order valence-corrected chi connectivity index (χ3v) is 5.34. The van der Waals surface area contributed by atoms with Gasteiger partial charge >= 0.3 is 12.1 Å². The zero-order valence-corrected chi connectivity index (χ0v) is 16.5. The number of benzene rings is 2.